The fourth-order valence-electron chi connectivity index (χ4n) is 3.30. The van der Waals surface area contributed by atoms with Gasteiger partial charge in [0.2, 0.25) is 0 Å². The van der Waals surface area contributed by atoms with E-state index in [0.717, 1.165) is 44.8 Å². The molecule has 0 spiro atoms. The van der Waals surface area contributed by atoms with E-state index in [0.29, 0.717) is 0 Å². The van der Waals surface area contributed by atoms with Gasteiger partial charge in [-0.3, -0.25) is 0 Å². The molecule has 0 amide bonds. The summed E-state index contributed by atoms with van der Waals surface area (Å²) in [5, 5.41) is 5.53. The van der Waals surface area contributed by atoms with Gasteiger partial charge in [0.15, 0.2) is 0 Å². The summed E-state index contributed by atoms with van der Waals surface area (Å²) < 4.78 is 0. The molecule has 26 heavy (non-hydrogen) atoms. The third-order valence-electron chi connectivity index (χ3n) is 4.52. The second-order valence-corrected chi connectivity index (χ2v) is 6.41. The van der Waals surface area contributed by atoms with Gasteiger partial charge in [0.25, 0.3) is 0 Å². The molecule has 0 saturated carbocycles. The lowest BCUT2D eigenvalue weighted by molar-refractivity contribution is 0.826. The van der Waals surface area contributed by atoms with Gasteiger partial charge in [-0.2, -0.15) is 0 Å². The van der Waals surface area contributed by atoms with Gasteiger partial charge in [-0.05, 0) is 66.8 Å². The van der Waals surface area contributed by atoms with Crippen molar-refractivity contribution >= 4 is 23.6 Å². The van der Waals surface area contributed by atoms with Crippen LogP contribution in [-0.4, -0.2) is 22.4 Å². The standard InChI is InChI=1S/C22H16N4/c1-2-14-9-21-12-19-6-5-17(24-19)10-15-3-4-16(23-15)11-18-7-8-20(25-18)13-22(14)26-21/h3-13,22,24,26H,1H2/b16-11-,17-10-,19-12-,20-13-. The van der Waals surface area contributed by atoms with Crippen LogP contribution in [0.1, 0.15) is 0 Å². The van der Waals surface area contributed by atoms with E-state index in [1.165, 1.54) is 0 Å². The molecule has 124 valence electrons. The molecule has 2 N–H and O–H groups in total. The highest BCUT2D eigenvalue weighted by Gasteiger charge is 2.19. The first-order valence-corrected chi connectivity index (χ1v) is 8.49. The second-order valence-electron chi connectivity index (χ2n) is 6.41. The predicted octanol–water partition coefficient (Wildman–Crippen LogP) is 1.95. The molecule has 8 bridgehead atoms. The number of fused-ring (bicyclic) bond motifs is 6. The smallest absolute Gasteiger partial charge is 0.0794 e. The number of allylic oxidation sites excluding steroid dienone is 6. The molecule has 1 unspecified atom stereocenters. The molecule has 0 aromatic carbocycles. The van der Waals surface area contributed by atoms with Crippen molar-refractivity contribution in [3.05, 3.63) is 100 Å². The van der Waals surface area contributed by atoms with Crippen molar-refractivity contribution in [3.63, 3.8) is 0 Å². The lowest BCUT2D eigenvalue weighted by Crippen LogP contribution is -2.22. The Balaban J connectivity index is 1.69. The van der Waals surface area contributed by atoms with Crippen molar-refractivity contribution in [2.75, 3.05) is 0 Å². The topological polar surface area (TPSA) is 52.5 Å². The summed E-state index contributed by atoms with van der Waals surface area (Å²) in [5.41, 5.74) is 8.70. The molecular weight excluding hydrogens is 320 g/mol. The van der Waals surface area contributed by atoms with Crippen molar-refractivity contribution in [3.8, 4) is 0 Å². The van der Waals surface area contributed by atoms with Crippen LogP contribution in [0, 0.1) is 0 Å². The molecule has 5 heterocycles. The molecule has 4 heteroatoms. The molecule has 1 atom stereocenters. The highest BCUT2D eigenvalue weighted by molar-refractivity contribution is 6.19. The van der Waals surface area contributed by atoms with Crippen LogP contribution < -0.4 is 16.0 Å². The third-order valence-corrected chi connectivity index (χ3v) is 4.52. The van der Waals surface area contributed by atoms with Crippen LogP contribution in [0.15, 0.2) is 99.6 Å². The number of rotatable bonds is 0. The second kappa shape index (κ2) is 5.73. The van der Waals surface area contributed by atoms with Gasteiger partial charge in [0.1, 0.15) is 0 Å². The maximum Gasteiger partial charge on any atom is 0.0794 e. The monoisotopic (exact) mass is 336 g/mol. The quantitative estimate of drug-likeness (QED) is 0.699. The molecule has 0 aliphatic carbocycles. The number of H-pyrrole nitrogens is 1. The van der Waals surface area contributed by atoms with Crippen molar-refractivity contribution < 1.29 is 0 Å². The minimum absolute atomic E-state index is 0.0130. The molecule has 0 radical (unpaired) electrons. The third kappa shape index (κ3) is 2.69. The largest absolute Gasteiger partial charge is 0.374 e. The predicted molar refractivity (Wildman–Crippen MR) is 106 cm³/mol. The zero-order valence-corrected chi connectivity index (χ0v) is 14.0. The molecule has 0 saturated heterocycles. The number of hydrogen-bond donors (Lipinski definition) is 2. The van der Waals surface area contributed by atoms with E-state index < -0.39 is 0 Å². The van der Waals surface area contributed by atoms with Crippen molar-refractivity contribution in [2.45, 2.75) is 6.04 Å². The Labute approximate surface area is 150 Å². The number of hydrogen-bond acceptors (Lipinski definition) is 3. The zero-order chi connectivity index (χ0) is 17.5. The molecule has 5 rings (SSSR count). The SMILES string of the molecule is C=C=C1C=C2/C=c3/cc/c([nH]3)=C/C3=NC(=C\C4=NC(=C\C1N2)/C=C4)/C=C3. The Kier molecular flexibility index (Phi) is 3.24. The van der Waals surface area contributed by atoms with Crippen LogP contribution in [0.4, 0.5) is 0 Å². The van der Waals surface area contributed by atoms with E-state index in [4.69, 9.17) is 0 Å². The van der Waals surface area contributed by atoms with E-state index in [2.05, 4.69) is 63.0 Å². The summed E-state index contributed by atoms with van der Waals surface area (Å²) in [6.45, 7) is 3.82. The van der Waals surface area contributed by atoms with Crippen LogP contribution in [0.25, 0.3) is 12.2 Å². The Morgan fingerprint density at radius 2 is 1.58 bits per heavy atom. The van der Waals surface area contributed by atoms with Crippen molar-refractivity contribution in [2.24, 2.45) is 9.98 Å². The van der Waals surface area contributed by atoms with Crippen LogP contribution in [0.5, 0.6) is 0 Å². The number of nitrogens with one attached hydrogen (secondary N) is 2. The van der Waals surface area contributed by atoms with Gasteiger partial charge in [0, 0.05) is 22.0 Å². The summed E-state index contributed by atoms with van der Waals surface area (Å²) in [6.07, 6.45) is 18.3. The first-order valence-electron chi connectivity index (χ1n) is 8.49. The van der Waals surface area contributed by atoms with Gasteiger partial charge in [0.05, 0.1) is 28.9 Å². The summed E-state index contributed by atoms with van der Waals surface area (Å²) in [4.78, 5) is 12.7. The van der Waals surface area contributed by atoms with Crippen LogP contribution in [-0.2, 0) is 0 Å². The minimum Gasteiger partial charge on any atom is -0.374 e. The average Bonchev–Trinajstić information content (AvgIpc) is 3.39. The van der Waals surface area contributed by atoms with Crippen LogP contribution in [0.2, 0.25) is 0 Å². The van der Waals surface area contributed by atoms with E-state index in [1.807, 2.05) is 36.5 Å². The Bertz CT molecular complexity index is 1200. The highest BCUT2D eigenvalue weighted by Crippen LogP contribution is 2.21. The summed E-state index contributed by atoms with van der Waals surface area (Å²) >= 11 is 0. The van der Waals surface area contributed by atoms with Gasteiger partial charge in [-0.15, -0.1) is 5.73 Å². The molecule has 4 aliphatic heterocycles. The van der Waals surface area contributed by atoms with E-state index in [9.17, 15) is 0 Å². The number of aromatic nitrogens is 1. The minimum atomic E-state index is 0.0130. The fraction of sp³-hybridized carbons (Fsp3) is 0.0455. The molecule has 4 aliphatic rings. The fourth-order valence-corrected chi connectivity index (χ4v) is 3.30. The Morgan fingerprint density at radius 3 is 2.42 bits per heavy atom. The normalized spacial score (nSPS) is 29.0. The summed E-state index contributed by atoms with van der Waals surface area (Å²) in [7, 11) is 0. The summed E-state index contributed by atoms with van der Waals surface area (Å²) in [5.74, 6) is 0. The van der Waals surface area contributed by atoms with Crippen molar-refractivity contribution in [1.82, 2.24) is 10.3 Å². The Hall–Kier alpha value is -3.62. The zero-order valence-electron chi connectivity index (χ0n) is 14.0. The first-order chi connectivity index (χ1) is 12.7. The van der Waals surface area contributed by atoms with E-state index >= 15 is 0 Å². The lowest BCUT2D eigenvalue weighted by Gasteiger charge is -2.08. The molecule has 4 nitrogen and oxygen atoms in total. The van der Waals surface area contributed by atoms with Gasteiger partial charge in [-0.1, -0.05) is 6.58 Å². The number of aliphatic imine (C=N–C) groups is 2. The molecule has 1 aromatic rings. The van der Waals surface area contributed by atoms with Gasteiger partial charge in [-0.25, -0.2) is 9.98 Å². The maximum absolute atomic E-state index is 4.67. The van der Waals surface area contributed by atoms with Gasteiger partial charge < -0.3 is 10.3 Å². The van der Waals surface area contributed by atoms with Crippen molar-refractivity contribution in [1.29, 1.82) is 0 Å². The maximum atomic E-state index is 4.67. The van der Waals surface area contributed by atoms with E-state index in [1.54, 1.807) is 0 Å². The van der Waals surface area contributed by atoms with Crippen LogP contribution in [0.3, 0.4) is 0 Å². The average molecular weight is 336 g/mol. The molecule has 1 aromatic heterocycles. The summed E-state index contributed by atoms with van der Waals surface area (Å²) in [6, 6.07) is 4.12. The number of nitrogens with zero attached hydrogens (tertiary/aromatic N) is 2. The lowest BCUT2D eigenvalue weighted by atomic mass is 10.1. The van der Waals surface area contributed by atoms with E-state index in [-0.39, 0.29) is 6.04 Å². The van der Waals surface area contributed by atoms with Crippen LogP contribution >= 0.6 is 0 Å². The molecular formula is C22H16N4. The number of aromatic amines is 1. The van der Waals surface area contributed by atoms with Gasteiger partial charge >= 0.3 is 0 Å². The highest BCUT2D eigenvalue weighted by atomic mass is 15.0. The first kappa shape index (κ1) is 14.7. The molecule has 0 fully saturated rings. The Morgan fingerprint density at radius 1 is 0.846 bits per heavy atom.